The van der Waals surface area contributed by atoms with Crippen LogP contribution in [0.5, 0.6) is 0 Å². The van der Waals surface area contributed by atoms with Crippen molar-refractivity contribution in [3.63, 3.8) is 0 Å². The fourth-order valence-electron chi connectivity index (χ4n) is 3.75. The van der Waals surface area contributed by atoms with Crippen LogP contribution in [0.4, 0.5) is 0 Å². The van der Waals surface area contributed by atoms with E-state index in [0.29, 0.717) is 31.1 Å². The Morgan fingerprint density at radius 1 is 1.07 bits per heavy atom. The predicted octanol–water partition coefficient (Wildman–Crippen LogP) is 2.07. The Hall–Kier alpha value is -2.41. The first-order chi connectivity index (χ1) is 13.1. The van der Waals surface area contributed by atoms with Gasteiger partial charge in [0, 0.05) is 12.3 Å². The maximum Gasteiger partial charge on any atom is 0.248 e. The molecule has 0 N–H and O–H groups in total. The first kappa shape index (κ1) is 18.0. The molecule has 2 aliphatic heterocycles. The van der Waals surface area contributed by atoms with Crippen LogP contribution in [0.2, 0.25) is 0 Å². The van der Waals surface area contributed by atoms with Crippen LogP contribution in [0.25, 0.3) is 0 Å². The zero-order valence-electron chi connectivity index (χ0n) is 14.9. The van der Waals surface area contributed by atoms with Gasteiger partial charge in [0.15, 0.2) is 5.17 Å². The first-order valence-corrected chi connectivity index (χ1v) is 10.2. The predicted molar refractivity (Wildman–Crippen MR) is 104 cm³/mol. The van der Waals surface area contributed by atoms with Crippen LogP contribution >= 0.6 is 11.8 Å². The van der Waals surface area contributed by atoms with E-state index in [0.717, 1.165) is 16.2 Å². The number of benzene rings is 1. The third-order valence-corrected chi connectivity index (χ3v) is 6.20. The van der Waals surface area contributed by atoms with Gasteiger partial charge in [-0.1, -0.05) is 54.2 Å². The molecule has 1 aromatic rings. The Morgan fingerprint density at radius 3 is 2.41 bits per heavy atom. The van der Waals surface area contributed by atoms with Crippen LogP contribution in [0.1, 0.15) is 18.4 Å². The number of carbonyl (C=O) groups is 3. The van der Waals surface area contributed by atoms with Gasteiger partial charge >= 0.3 is 0 Å². The molecule has 140 valence electrons. The largest absolute Gasteiger partial charge is 0.289 e. The summed E-state index contributed by atoms with van der Waals surface area (Å²) in [6, 6.07) is 9.85. The molecular formula is C20H21N3O3S. The second-order valence-electron chi connectivity index (χ2n) is 6.90. The normalized spacial score (nSPS) is 26.1. The highest BCUT2D eigenvalue weighted by Crippen LogP contribution is 2.35. The lowest BCUT2D eigenvalue weighted by atomic mass is 9.85. The van der Waals surface area contributed by atoms with E-state index in [1.165, 1.54) is 11.8 Å². The molecule has 0 unspecified atom stereocenters. The van der Waals surface area contributed by atoms with Crippen molar-refractivity contribution < 1.29 is 14.4 Å². The molecule has 6 nitrogen and oxygen atoms in total. The van der Waals surface area contributed by atoms with Crippen LogP contribution in [-0.4, -0.2) is 51.5 Å². The molecule has 4 rings (SSSR count). The molecule has 27 heavy (non-hydrogen) atoms. The molecule has 0 spiro atoms. The number of likely N-dealkylation sites (tertiary alicyclic amines) is 1. The molecule has 7 heteroatoms. The molecule has 0 radical (unpaired) electrons. The van der Waals surface area contributed by atoms with Crippen molar-refractivity contribution in [3.05, 3.63) is 48.0 Å². The monoisotopic (exact) mass is 383 g/mol. The van der Waals surface area contributed by atoms with Crippen molar-refractivity contribution >= 4 is 34.7 Å². The summed E-state index contributed by atoms with van der Waals surface area (Å²) in [4.78, 5) is 45.2. The van der Waals surface area contributed by atoms with Crippen LogP contribution in [0.3, 0.4) is 0 Å². The summed E-state index contributed by atoms with van der Waals surface area (Å²) in [6.07, 6.45) is 5.07. The molecule has 2 saturated heterocycles. The molecular weight excluding hydrogens is 362 g/mol. The molecule has 3 amide bonds. The van der Waals surface area contributed by atoms with Gasteiger partial charge in [-0.05, 0) is 18.4 Å². The highest BCUT2D eigenvalue weighted by Gasteiger charge is 2.48. The van der Waals surface area contributed by atoms with Crippen molar-refractivity contribution in [2.75, 3.05) is 18.8 Å². The van der Waals surface area contributed by atoms with E-state index in [-0.39, 0.29) is 36.1 Å². The Balaban J connectivity index is 1.43. The Bertz CT molecular complexity index is 795. The number of hydrogen-bond donors (Lipinski definition) is 0. The van der Waals surface area contributed by atoms with E-state index >= 15 is 0 Å². The minimum Gasteiger partial charge on any atom is -0.289 e. The summed E-state index contributed by atoms with van der Waals surface area (Å²) in [5.41, 5.74) is 1.08. The number of amides is 3. The van der Waals surface area contributed by atoms with Crippen LogP contribution in [-0.2, 0) is 20.9 Å². The Kier molecular flexibility index (Phi) is 5.11. The molecule has 0 aromatic heterocycles. The van der Waals surface area contributed by atoms with E-state index in [1.54, 1.807) is 4.90 Å². The number of allylic oxidation sites excluding steroid dienone is 2. The number of nitrogens with zero attached hydrogens (tertiary/aromatic N) is 3. The number of carbonyl (C=O) groups excluding carboxylic acids is 3. The van der Waals surface area contributed by atoms with E-state index in [9.17, 15) is 14.4 Å². The van der Waals surface area contributed by atoms with Gasteiger partial charge in [-0.15, -0.1) is 0 Å². The Morgan fingerprint density at radius 2 is 1.74 bits per heavy atom. The zero-order valence-corrected chi connectivity index (χ0v) is 15.7. The van der Waals surface area contributed by atoms with Gasteiger partial charge in [-0.2, -0.15) is 0 Å². The van der Waals surface area contributed by atoms with Gasteiger partial charge in [-0.3, -0.25) is 29.2 Å². The van der Waals surface area contributed by atoms with E-state index < -0.39 is 0 Å². The van der Waals surface area contributed by atoms with Gasteiger partial charge in [0.1, 0.15) is 6.54 Å². The summed E-state index contributed by atoms with van der Waals surface area (Å²) >= 11 is 1.53. The maximum absolute atomic E-state index is 12.8. The molecule has 1 aromatic carbocycles. The second-order valence-corrected chi connectivity index (χ2v) is 7.96. The average molecular weight is 383 g/mol. The maximum atomic E-state index is 12.8. The molecule has 2 atom stereocenters. The second kappa shape index (κ2) is 7.68. The number of hydrogen-bond acceptors (Lipinski definition) is 5. The lowest BCUT2D eigenvalue weighted by Crippen LogP contribution is -2.43. The van der Waals surface area contributed by atoms with Crippen LogP contribution in [0, 0.1) is 11.8 Å². The number of amidine groups is 1. The number of aliphatic imine (C=N–C) groups is 1. The van der Waals surface area contributed by atoms with Gasteiger partial charge in [-0.25, -0.2) is 0 Å². The van der Waals surface area contributed by atoms with E-state index in [1.807, 2.05) is 42.5 Å². The third-order valence-electron chi connectivity index (χ3n) is 5.21. The van der Waals surface area contributed by atoms with Crippen molar-refractivity contribution in [3.8, 4) is 0 Å². The van der Waals surface area contributed by atoms with Gasteiger partial charge in [0.2, 0.25) is 17.7 Å². The lowest BCUT2D eigenvalue weighted by Gasteiger charge is -2.20. The topological polar surface area (TPSA) is 70.1 Å². The fourth-order valence-corrected chi connectivity index (χ4v) is 4.71. The van der Waals surface area contributed by atoms with Gasteiger partial charge in [0.25, 0.3) is 0 Å². The SMILES string of the molecule is O=C(CN1C(=O)[C@@H]2CC=CC[C@H]2C1=O)N1CCSC1=NCc1ccccc1. The summed E-state index contributed by atoms with van der Waals surface area (Å²) in [7, 11) is 0. The Labute approximate surface area is 162 Å². The molecule has 1 aliphatic carbocycles. The standard InChI is InChI=1S/C20H21N3O3S/c24-17(13-23-18(25)15-8-4-5-9-16(15)19(23)26)22-10-11-27-20(22)21-12-14-6-2-1-3-7-14/h1-7,15-16H,8-13H2/t15-,16-/m1/s1. The van der Waals surface area contributed by atoms with Crippen LogP contribution < -0.4 is 0 Å². The number of fused-ring (bicyclic) bond motifs is 1. The van der Waals surface area contributed by atoms with Gasteiger partial charge in [0.05, 0.1) is 18.4 Å². The summed E-state index contributed by atoms with van der Waals surface area (Å²) < 4.78 is 0. The fraction of sp³-hybridized carbons (Fsp3) is 0.400. The van der Waals surface area contributed by atoms with Crippen molar-refractivity contribution in [1.29, 1.82) is 0 Å². The number of rotatable bonds is 4. The minimum atomic E-state index is -0.297. The number of imide groups is 1. The highest BCUT2D eigenvalue weighted by atomic mass is 32.2. The molecule has 0 saturated carbocycles. The molecule has 0 bridgehead atoms. The van der Waals surface area contributed by atoms with Crippen molar-refractivity contribution in [1.82, 2.24) is 9.80 Å². The quantitative estimate of drug-likeness (QED) is 0.590. The minimum absolute atomic E-state index is 0.185. The highest BCUT2D eigenvalue weighted by molar-refractivity contribution is 8.14. The van der Waals surface area contributed by atoms with Gasteiger partial charge < -0.3 is 0 Å². The van der Waals surface area contributed by atoms with E-state index in [4.69, 9.17) is 0 Å². The lowest BCUT2D eigenvalue weighted by molar-refractivity contribution is -0.145. The number of thioether (sulfide) groups is 1. The van der Waals surface area contributed by atoms with Crippen LogP contribution in [0.15, 0.2) is 47.5 Å². The zero-order chi connectivity index (χ0) is 18.8. The summed E-state index contributed by atoms with van der Waals surface area (Å²) in [6.45, 7) is 0.877. The van der Waals surface area contributed by atoms with E-state index in [2.05, 4.69) is 4.99 Å². The average Bonchev–Trinajstić information content (AvgIpc) is 3.27. The van der Waals surface area contributed by atoms with Crippen molar-refractivity contribution in [2.24, 2.45) is 16.8 Å². The molecule has 2 fully saturated rings. The first-order valence-electron chi connectivity index (χ1n) is 9.17. The smallest absolute Gasteiger partial charge is 0.248 e. The molecule has 2 heterocycles. The van der Waals surface area contributed by atoms with Crippen molar-refractivity contribution in [2.45, 2.75) is 19.4 Å². The summed E-state index contributed by atoms with van der Waals surface area (Å²) in [5, 5.41) is 0.669. The summed E-state index contributed by atoms with van der Waals surface area (Å²) in [5.74, 6) is -0.477. The molecule has 3 aliphatic rings. The third kappa shape index (κ3) is 3.56.